The van der Waals surface area contributed by atoms with Crippen LogP contribution in [0.1, 0.15) is 29.9 Å². The first-order valence-corrected chi connectivity index (χ1v) is 16.3. The summed E-state index contributed by atoms with van der Waals surface area (Å²) < 4.78 is 11.1. The summed E-state index contributed by atoms with van der Waals surface area (Å²) in [6, 6.07) is 16.8. The molecule has 7 rings (SSSR count). The zero-order valence-corrected chi connectivity index (χ0v) is 26.9. The van der Waals surface area contributed by atoms with Crippen LogP contribution in [-0.4, -0.2) is 95.3 Å². The Morgan fingerprint density at radius 1 is 0.804 bits per heavy atom. The van der Waals surface area contributed by atoms with Crippen molar-refractivity contribution in [3.8, 4) is 22.4 Å². The topological polar surface area (TPSA) is 95.7 Å². The largest absolute Gasteiger partial charge is 0.464 e. The molecule has 238 valence electrons. The van der Waals surface area contributed by atoms with Crippen molar-refractivity contribution in [2.75, 3.05) is 75.8 Å². The van der Waals surface area contributed by atoms with Gasteiger partial charge >= 0.3 is 0 Å². The molecule has 2 aliphatic rings. The molecule has 1 N–H and O–H groups in total. The maximum absolute atomic E-state index is 5.63. The smallest absolute Gasteiger partial charge is 0.225 e. The van der Waals surface area contributed by atoms with Gasteiger partial charge in [0.05, 0.1) is 25.2 Å². The molecule has 0 radical (unpaired) electrons. The highest BCUT2D eigenvalue weighted by molar-refractivity contribution is 5.85. The first kappa shape index (κ1) is 30.3. The summed E-state index contributed by atoms with van der Waals surface area (Å²) in [5.74, 6) is 2.31. The van der Waals surface area contributed by atoms with Crippen LogP contribution in [0.2, 0.25) is 0 Å². The third-order valence-corrected chi connectivity index (χ3v) is 9.11. The number of hydrogen-bond donors (Lipinski definition) is 1. The average Bonchev–Trinajstić information content (AvgIpc) is 3.47. The van der Waals surface area contributed by atoms with E-state index >= 15 is 0 Å². The second kappa shape index (κ2) is 13.5. The van der Waals surface area contributed by atoms with Crippen molar-refractivity contribution in [2.24, 2.45) is 0 Å². The van der Waals surface area contributed by atoms with E-state index in [1.54, 1.807) is 6.26 Å². The van der Waals surface area contributed by atoms with Crippen LogP contribution < -0.4 is 10.2 Å². The van der Waals surface area contributed by atoms with Crippen molar-refractivity contribution in [3.05, 3.63) is 84.1 Å². The number of aromatic nitrogens is 4. The van der Waals surface area contributed by atoms with Crippen molar-refractivity contribution in [1.82, 2.24) is 29.7 Å². The van der Waals surface area contributed by atoms with E-state index in [9.17, 15) is 0 Å². The molecule has 2 fully saturated rings. The van der Waals surface area contributed by atoms with E-state index in [1.165, 1.54) is 0 Å². The molecule has 2 aromatic carbocycles. The first-order valence-electron chi connectivity index (χ1n) is 16.3. The second-order valence-corrected chi connectivity index (χ2v) is 12.4. The first-order chi connectivity index (χ1) is 22.5. The SMILES string of the molecule is Cc1nc(NC(C)c2cccc(-c3cnc(N4CCN(CCN5CCOCC5)CC4)nc3)c2)cc(-c2ccc3occ(C)c3c2)n1. The summed E-state index contributed by atoms with van der Waals surface area (Å²) in [5.41, 5.74) is 7.17. The minimum absolute atomic E-state index is 0.0282. The Kier molecular flexibility index (Phi) is 8.91. The zero-order valence-electron chi connectivity index (χ0n) is 26.9. The highest BCUT2D eigenvalue weighted by Crippen LogP contribution is 2.29. The summed E-state index contributed by atoms with van der Waals surface area (Å²) in [7, 11) is 0. The van der Waals surface area contributed by atoms with Gasteiger partial charge in [-0.1, -0.05) is 18.2 Å². The number of benzene rings is 2. The maximum Gasteiger partial charge on any atom is 0.225 e. The van der Waals surface area contributed by atoms with Crippen LogP contribution in [0, 0.1) is 13.8 Å². The molecule has 10 heteroatoms. The molecular weight excluding hydrogens is 576 g/mol. The van der Waals surface area contributed by atoms with Gasteiger partial charge in [-0.05, 0) is 61.7 Å². The fourth-order valence-corrected chi connectivity index (χ4v) is 6.31. The number of nitrogens with one attached hydrogen (secondary N) is 1. The van der Waals surface area contributed by atoms with E-state index in [-0.39, 0.29) is 6.04 Å². The molecule has 1 unspecified atom stereocenters. The van der Waals surface area contributed by atoms with E-state index in [0.717, 1.165) is 128 Å². The van der Waals surface area contributed by atoms with Crippen LogP contribution in [0.25, 0.3) is 33.4 Å². The summed E-state index contributed by atoms with van der Waals surface area (Å²) in [4.78, 5) is 26.3. The summed E-state index contributed by atoms with van der Waals surface area (Å²) >= 11 is 0. The fourth-order valence-electron chi connectivity index (χ4n) is 6.31. The van der Waals surface area contributed by atoms with Crippen LogP contribution in [-0.2, 0) is 4.74 Å². The lowest BCUT2D eigenvalue weighted by Crippen LogP contribution is -2.49. The summed E-state index contributed by atoms with van der Waals surface area (Å²) in [6.45, 7) is 16.1. The normalized spacial score (nSPS) is 17.0. The maximum atomic E-state index is 5.63. The Morgan fingerprint density at radius 2 is 1.57 bits per heavy atom. The van der Waals surface area contributed by atoms with Crippen molar-refractivity contribution >= 4 is 22.7 Å². The average molecular weight is 619 g/mol. The quantitative estimate of drug-likeness (QED) is 0.225. The summed E-state index contributed by atoms with van der Waals surface area (Å²) in [6.07, 6.45) is 5.69. The number of piperazine rings is 1. The predicted molar refractivity (Wildman–Crippen MR) is 182 cm³/mol. The zero-order chi connectivity index (χ0) is 31.5. The molecule has 2 aliphatic heterocycles. The highest BCUT2D eigenvalue weighted by atomic mass is 16.5. The Morgan fingerprint density at radius 3 is 2.35 bits per heavy atom. The number of ether oxygens (including phenoxy) is 1. The molecule has 2 saturated heterocycles. The van der Waals surface area contributed by atoms with E-state index in [1.807, 2.05) is 37.5 Å². The molecule has 0 bridgehead atoms. The predicted octanol–water partition coefficient (Wildman–Crippen LogP) is 5.59. The van der Waals surface area contributed by atoms with Crippen molar-refractivity contribution in [2.45, 2.75) is 26.8 Å². The number of nitrogens with zero attached hydrogens (tertiary/aromatic N) is 7. The number of aryl methyl sites for hydroxylation is 2. The van der Waals surface area contributed by atoms with Crippen LogP contribution in [0.5, 0.6) is 0 Å². The van der Waals surface area contributed by atoms with Gasteiger partial charge in [0.15, 0.2) is 0 Å². The van der Waals surface area contributed by atoms with E-state index in [0.29, 0.717) is 0 Å². The lowest BCUT2D eigenvalue weighted by molar-refractivity contribution is 0.0331. The van der Waals surface area contributed by atoms with Gasteiger partial charge in [0.1, 0.15) is 17.2 Å². The monoisotopic (exact) mass is 618 g/mol. The van der Waals surface area contributed by atoms with E-state index < -0.39 is 0 Å². The Bertz CT molecular complexity index is 1780. The van der Waals surface area contributed by atoms with Crippen LogP contribution in [0.3, 0.4) is 0 Å². The molecule has 0 amide bonds. The van der Waals surface area contributed by atoms with E-state index in [4.69, 9.17) is 29.1 Å². The van der Waals surface area contributed by atoms with Gasteiger partial charge in [-0.25, -0.2) is 19.9 Å². The van der Waals surface area contributed by atoms with Gasteiger partial charge in [-0.3, -0.25) is 9.80 Å². The molecule has 10 nitrogen and oxygen atoms in total. The molecule has 46 heavy (non-hydrogen) atoms. The molecule has 5 heterocycles. The molecular formula is C36H42N8O2. The van der Waals surface area contributed by atoms with Crippen LogP contribution in [0.15, 0.2) is 71.6 Å². The van der Waals surface area contributed by atoms with E-state index in [2.05, 4.69) is 64.2 Å². The number of hydrogen-bond acceptors (Lipinski definition) is 10. The fraction of sp³-hybridized carbons (Fsp3) is 0.389. The highest BCUT2D eigenvalue weighted by Gasteiger charge is 2.20. The Labute approximate surface area is 270 Å². The third kappa shape index (κ3) is 6.89. The molecule has 1 atom stereocenters. The van der Waals surface area contributed by atoms with Crippen molar-refractivity contribution in [1.29, 1.82) is 0 Å². The van der Waals surface area contributed by atoms with Crippen molar-refractivity contribution < 1.29 is 9.15 Å². The van der Waals surface area contributed by atoms with Crippen LogP contribution >= 0.6 is 0 Å². The molecule has 5 aromatic rings. The second-order valence-electron chi connectivity index (χ2n) is 12.4. The number of furan rings is 1. The Hall–Kier alpha value is -4.38. The lowest BCUT2D eigenvalue weighted by atomic mass is 10.0. The van der Waals surface area contributed by atoms with Gasteiger partial charge in [0.25, 0.3) is 0 Å². The molecule has 0 spiro atoms. The van der Waals surface area contributed by atoms with Gasteiger partial charge in [-0.15, -0.1) is 0 Å². The number of rotatable bonds is 9. The summed E-state index contributed by atoms with van der Waals surface area (Å²) in [5, 5.41) is 4.69. The molecule has 0 aliphatic carbocycles. The molecule has 3 aromatic heterocycles. The number of anilines is 2. The minimum atomic E-state index is 0.0282. The Balaban J connectivity index is 0.980. The molecule has 0 saturated carbocycles. The van der Waals surface area contributed by atoms with Gasteiger partial charge < -0.3 is 19.4 Å². The minimum Gasteiger partial charge on any atom is -0.464 e. The van der Waals surface area contributed by atoms with Gasteiger partial charge in [0.2, 0.25) is 5.95 Å². The van der Waals surface area contributed by atoms with Crippen molar-refractivity contribution in [3.63, 3.8) is 0 Å². The van der Waals surface area contributed by atoms with Gasteiger partial charge in [0, 0.05) is 93.4 Å². The standard InChI is InChI=1S/C36H42N8O2/c1-25-24-46-34-8-7-30(20-32(25)34)33-21-35(41-27(3)40-33)39-26(2)28-5-4-6-29(19-28)31-22-37-36(38-23-31)44-13-11-42(12-14-44)9-10-43-15-17-45-18-16-43/h4-8,19-24,26H,9-18H2,1-3H3,(H,39,40,41). The van der Waals surface area contributed by atoms with Crippen LogP contribution in [0.4, 0.5) is 11.8 Å². The van der Waals surface area contributed by atoms with Gasteiger partial charge in [-0.2, -0.15) is 0 Å². The number of morpholine rings is 1. The third-order valence-electron chi connectivity index (χ3n) is 9.11. The lowest BCUT2D eigenvalue weighted by Gasteiger charge is -2.36. The number of fused-ring (bicyclic) bond motifs is 1.